The van der Waals surface area contributed by atoms with Crippen LogP contribution in [0, 0.1) is 5.92 Å². The number of nitrogens with one attached hydrogen (secondary N) is 3. The summed E-state index contributed by atoms with van der Waals surface area (Å²) in [4.78, 5) is 19.2. The molecule has 0 saturated heterocycles. The summed E-state index contributed by atoms with van der Waals surface area (Å²) in [5.74, 6) is 0.847. The van der Waals surface area contributed by atoms with E-state index in [2.05, 4.69) is 20.6 Å². The maximum absolute atomic E-state index is 11.7. The molecule has 0 unspecified atom stereocenters. The first-order valence-electron chi connectivity index (χ1n) is 5.74. The van der Waals surface area contributed by atoms with Crippen molar-refractivity contribution in [3.8, 4) is 0 Å². The molecule has 3 N–H and O–H groups in total. The molecule has 0 bridgehead atoms. The van der Waals surface area contributed by atoms with Crippen LogP contribution in [0.5, 0.6) is 0 Å². The number of hydrogen-bond donors (Lipinski definition) is 3. The fourth-order valence-corrected chi connectivity index (χ4v) is 1.83. The monoisotopic (exact) mass is 230 g/mol. The molecule has 0 aliphatic heterocycles. The molecule has 88 valence electrons. The summed E-state index contributed by atoms with van der Waals surface area (Å²) in [6.45, 7) is 0. The van der Waals surface area contributed by atoms with Crippen LogP contribution in [0.25, 0.3) is 11.0 Å². The molecule has 0 spiro atoms. The Bertz CT molecular complexity index is 571. The van der Waals surface area contributed by atoms with Crippen molar-refractivity contribution in [3.63, 3.8) is 0 Å². The summed E-state index contributed by atoms with van der Waals surface area (Å²) in [5, 5.41) is 6.95. The first-order chi connectivity index (χ1) is 8.28. The molecule has 2 aromatic heterocycles. The van der Waals surface area contributed by atoms with Gasteiger partial charge in [0.2, 0.25) is 5.91 Å². The number of aromatic amines is 1. The third-order valence-electron chi connectivity index (χ3n) is 2.99. The van der Waals surface area contributed by atoms with E-state index in [0.29, 0.717) is 5.82 Å². The number of fused-ring (bicyclic) bond motifs is 1. The third-order valence-corrected chi connectivity index (χ3v) is 2.99. The Kier molecular flexibility index (Phi) is 2.24. The molecule has 2 heterocycles. The minimum Gasteiger partial charge on any atom is -0.385 e. The lowest BCUT2D eigenvalue weighted by Gasteiger charge is -2.09. The predicted molar refractivity (Wildman–Crippen MR) is 67.0 cm³/mol. The minimum absolute atomic E-state index is 0.0694. The van der Waals surface area contributed by atoms with Gasteiger partial charge in [0.25, 0.3) is 0 Å². The van der Waals surface area contributed by atoms with Crippen LogP contribution in [0.1, 0.15) is 12.8 Å². The van der Waals surface area contributed by atoms with Crippen LogP contribution in [0.15, 0.2) is 18.3 Å². The van der Waals surface area contributed by atoms with Crippen molar-refractivity contribution in [2.24, 2.45) is 5.92 Å². The van der Waals surface area contributed by atoms with Crippen molar-refractivity contribution < 1.29 is 4.79 Å². The molecule has 1 fully saturated rings. The van der Waals surface area contributed by atoms with Crippen molar-refractivity contribution in [3.05, 3.63) is 18.3 Å². The number of pyridine rings is 1. The highest BCUT2D eigenvalue weighted by molar-refractivity contribution is 5.97. The Morgan fingerprint density at radius 2 is 2.35 bits per heavy atom. The van der Waals surface area contributed by atoms with Crippen molar-refractivity contribution in [1.29, 1.82) is 0 Å². The van der Waals surface area contributed by atoms with Crippen LogP contribution in [0.4, 0.5) is 11.5 Å². The van der Waals surface area contributed by atoms with E-state index in [1.54, 1.807) is 0 Å². The van der Waals surface area contributed by atoms with Gasteiger partial charge in [-0.2, -0.15) is 0 Å². The van der Waals surface area contributed by atoms with E-state index in [9.17, 15) is 4.79 Å². The summed E-state index contributed by atoms with van der Waals surface area (Å²) >= 11 is 0. The highest BCUT2D eigenvalue weighted by Gasteiger charge is 2.30. The van der Waals surface area contributed by atoms with Crippen LogP contribution in [0.2, 0.25) is 0 Å². The van der Waals surface area contributed by atoms with Crippen LogP contribution in [-0.4, -0.2) is 22.9 Å². The number of amides is 1. The molecule has 5 heteroatoms. The third kappa shape index (κ3) is 1.84. The summed E-state index contributed by atoms with van der Waals surface area (Å²) in [6, 6.07) is 3.93. The average molecular weight is 230 g/mol. The minimum atomic E-state index is 0.0694. The molecule has 1 saturated carbocycles. The van der Waals surface area contributed by atoms with Crippen molar-refractivity contribution in [1.82, 2.24) is 9.97 Å². The van der Waals surface area contributed by atoms with Gasteiger partial charge in [0.05, 0.1) is 5.69 Å². The van der Waals surface area contributed by atoms with Crippen LogP contribution in [-0.2, 0) is 4.79 Å². The first kappa shape index (κ1) is 10.1. The Morgan fingerprint density at radius 1 is 1.53 bits per heavy atom. The quantitative estimate of drug-likeness (QED) is 0.754. The van der Waals surface area contributed by atoms with Crippen molar-refractivity contribution in [2.75, 3.05) is 17.7 Å². The number of aromatic nitrogens is 2. The maximum Gasteiger partial charge on any atom is 0.228 e. The van der Waals surface area contributed by atoms with Crippen LogP contribution in [0.3, 0.4) is 0 Å². The van der Waals surface area contributed by atoms with Crippen molar-refractivity contribution in [2.45, 2.75) is 12.8 Å². The van der Waals surface area contributed by atoms with E-state index in [-0.39, 0.29) is 11.8 Å². The van der Waals surface area contributed by atoms with Gasteiger partial charge in [0.15, 0.2) is 5.82 Å². The second kappa shape index (κ2) is 3.76. The molecule has 1 aliphatic rings. The Morgan fingerprint density at radius 3 is 3.06 bits per heavy atom. The fraction of sp³-hybridized carbons (Fsp3) is 0.333. The lowest BCUT2D eigenvalue weighted by Crippen LogP contribution is -2.15. The lowest BCUT2D eigenvalue weighted by atomic mass is 10.3. The molecule has 2 aromatic rings. The highest BCUT2D eigenvalue weighted by Crippen LogP contribution is 2.31. The molecule has 5 nitrogen and oxygen atoms in total. The zero-order valence-corrected chi connectivity index (χ0v) is 9.58. The molecule has 0 atom stereocenters. The summed E-state index contributed by atoms with van der Waals surface area (Å²) < 4.78 is 0. The van der Waals surface area contributed by atoms with Gasteiger partial charge < -0.3 is 15.6 Å². The van der Waals surface area contributed by atoms with Gasteiger partial charge in [-0.3, -0.25) is 4.79 Å². The normalized spacial score (nSPS) is 14.9. The van der Waals surface area contributed by atoms with Gasteiger partial charge in [-0.15, -0.1) is 0 Å². The zero-order valence-electron chi connectivity index (χ0n) is 9.58. The number of anilines is 2. The molecular weight excluding hydrogens is 216 g/mol. The van der Waals surface area contributed by atoms with Gasteiger partial charge in [0.1, 0.15) is 5.65 Å². The van der Waals surface area contributed by atoms with Crippen molar-refractivity contribution >= 4 is 28.4 Å². The summed E-state index contributed by atoms with van der Waals surface area (Å²) in [5.41, 5.74) is 1.63. The maximum atomic E-state index is 11.7. The number of carbonyl (C=O) groups is 1. The van der Waals surface area contributed by atoms with Crippen LogP contribution >= 0.6 is 0 Å². The van der Waals surface area contributed by atoms with Gasteiger partial charge >= 0.3 is 0 Å². The largest absolute Gasteiger partial charge is 0.385 e. The Hall–Kier alpha value is -2.04. The molecule has 1 amide bonds. The topological polar surface area (TPSA) is 69.8 Å². The first-order valence-corrected chi connectivity index (χ1v) is 5.74. The second-order valence-corrected chi connectivity index (χ2v) is 4.31. The molecule has 17 heavy (non-hydrogen) atoms. The summed E-state index contributed by atoms with van der Waals surface area (Å²) in [6.07, 6.45) is 3.82. The average Bonchev–Trinajstić information content (AvgIpc) is 3.08. The Labute approximate surface area is 98.6 Å². The molecule has 0 radical (unpaired) electrons. The lowest BCUT2D eigenvalue weighted by molar-refractivity contribution is -0.117. The number of rotatable bonds is 3. The smallest absolute Gasteiger partial charge is 0.228 e. The van der Waals surface area contributed by atoms with Gasteiger partial charge in [-0.1, -0.05) is 0 Å². The predicted octanol–water partition coefficient (Wildman–Crippen LogP) is 1.95. The fourth-order valence-electron chi connectivity index (χ4n) is 1.83. The number of hydrogen-bond acceptors (Lipinski definition) is 3. The molecule has 3 rings (SSSR count). The SMILES string of the molecule is CNc1cc2cc[nH]c2nc1NC(=O)C1CC1. The van der Waals surface area contributed by atoms with E-state index in [1.807, 2.05) is 25.4 Å². The molecular formula is C12H14N4O. The number of carbonyl (C=O) groups excluding carboxylic acids is 1. The van der Waals surface area contributed by atoms with E-state index in [4.69, 9.17) is 0 Å². The highest BCUT2D eigenvalue weighted by atomic mass is 16.2. The van der Waals surface area contributed by atoms with Gasteiger partial charge in [-0.05, 0) is 25.0 Å². The van der Waals surface area contributed by atoms with Gasteiger partial charge in [0, 0.05) is 24.5 Å². The number of nitrogens with zero attached hydrogens (tertiary/aromatic N) is 1. The molecule has 1 aliphatic carbocycles. The Balaban J connectivity index is 1.97. The van der Waals surface area contributed by atoms with E-state index in [0.717, 1.165) is 29.6 Å². The number of H-pyrrole nitrogens is 1. The molecule has 0 aromatic carbocycles. The standard InChI is InChI=1S/C12H14N4O/c1-13-9-6-8-4-5-14-10(8)15-11(9)16-12(17)7-2-3-7/h4-7,13H,2-3H2,1H3,(H2,14,15,16,17). The second-order valence-electron chi connectivity index (χ2n) is 4.31. The summed E-state index contributed by atoms with van der Waals surface area (Å²) in [7, 11) is 1.82. The van der Waals surface area contributed by atoms with E-state index in [1.165, 1.54) is 0 Å². The van der Waals surface area contributed by atoms with E-state index < -0.39 is 0 Å². The van der Waals surface area contributed by atoms with Gasteiger partial charge in [-0.25, -0.2) is 4.98 Å². The van der Waals surface area contributed by atoms with Crippen LogP contribution < -0.4 is 10.6 Å². The van der Waals surface area contributed by atoms with E-state index >= 15 is 0 Å². The zero-order chi connectivity index (χ0) is 11.8.